The fourth-order valence-electron chi connectivity index (χ4n) is 2.48. The Bertz CT molecular complexity index is 405. The molecule has 106 valence electrons. The van der Waals surface area contributed by atoms with Crippen LogP contribution in [0.2, 0.25) is 0 Å². The highest BCUT2D eigenvalue weighted by molar-refractivity contribution is 5.39. The van der Waals surface area contributed by atoms with Gasteiger partial charge in [0.25, 0.3) is 0 Å². The second-order valence-electron chi connectivity index (χ2n) is 4.80. The Morgan fingerprint density at radius 3 is 2.84 bits per heavy atom. The number of hydrogen-bond donors (Lipinski definition) is 1. The summed E-state index contributed by atoms with van der Waals surface area (Å²) >= 11 is 0. The number of methoxy groups -OCH3 is 2. The molecular weight excluding hydrogens is 244 g/mol. The molecule has 0 bridgehead atoms. The normalized spacial score (nSPS) is 22.1. The quantitative estimate of drug-likeness (QED) is 0.801. The van der Waals surface area contributed by atoms with Gasteiger partial charge in [-0.1, -0.05) is 6.07 Å². The first-order chi connectivity index (χ1) is 9.26. The fraction of sp³-hybridized carbons (Fsp3) is 0.600. The van der Waals surface area contributed by atoms with Gasteiger partial charge in [-0.15, -0.1) is 0 Å². The molecule has 1 aromatic rings. The summed E-state index contributed by atoms with van der Waals surface area (Å²) < 4.78 is 15.9. The van der Waals surface area contributed by atoms with Crippen molar-refractivity contribution in [3.05, 3.63) is 29.3 Å². The van der Waals surface area contributed by atoms with Crippen molar-refractivity contribution in [2.24, 2.45) is 0 Å². The highest BCUT2D eigenvalue weighted by Crippen LogP contribution is 2.33. The molecule has 0 heterocycles. The van der Waals surface area contributed by atoms with E-state index in [4.69, 9.17) is 14.2 Å². The van der Waals surface area contributed by atoms with E-state index in [-0.39, 0.29) is 6.10 Å². The molecule has 2 unspecified atom stereocenters. The van der Waals surface area contributed by atoms with Crippen LogP contribution in [0.4, 0.5) is 0 Å². The van der Waals surface area contributed by atoms with E-state index in [1.54, 1.807) is 14.2 Å². The van der Waals surface area contributed by atoms with Gasteiger partial charge < -0.3 is 19.3 Å². The van der Waals surface area contributed by atoms with E-state index in [9.17, 15) is 5.11 Å². The van der Waals surface area contributed by atoms with Crippen molar-refractivity contribution in [3.63, 3.8) is 0 Å². The van der Waals surface area contributed by atoms with E-state index in [2.05, 4.69) is 0 Å². The number of benzene rings is 1. The number of aliphatic hydroxyl groups is 1. The van der Waals surface area contributed by atoms with Crippen LogP contribution >= 0.6 is 0 Å². The molecule has 1 aliphatic carbocycles. The predicted octanol–water partition coefficient (Wildman–Crippen LogP) is 2.10. The Morgan fingerprint density at radius 1 is 1.26 bits per heavy atom. The average molecular weight is 266 g/mol. The van der Waals surface area contributed by atoms with Crippen molar-refractivity contribution >= 4 is 0 Å². The summed E-state index contributed by atoms with van der Waals surface area (Å²) in [6.07, 6.45) is 1.96. The number of fused-ring (bicyclic) bond motifs is 1. The smallest absolute Gasteiger partial charge is 0.119 e. The lowest BCUT2D eigenvalue weighted by molar-refractivity contribution is -0.0523. The highest BCUT2D eigenvalue weighted by atomic mass is 16.5. The third-order valence-corrected chi connectivity index (χ3v) is 3.54. The van der Waals surface area contributed by atoms with Gasteiger partial charge in [-0.25, -0.2) is 0 Å². The van der Waals surface area contributed by atoms with E-state index in [1.807, 2.05) is 18.2 Å². The summed E-state index contributed by atoms with van der Waals surface area (Å²) in [6.45, 7) is 1.32. The van der Waals surface area contributed by atoms with Crippen LogP contribution in [0.3, 0.4) is 0 Å². The second-order valence-corrected chi connectivity index (χ2v) is 4.80. The molecule has 19 heavy (non-hydrogen) atoms. The second kappa shape index (κ2) is 6.89. The molecule has 4 nitrogen and oxygen atoms in total. The van der Waals surface area contributed by atoms with Crippen molar-refractivity contribution in [3.8, 4) is 5.75 Å². The number of hydrogen-bond acceptors (Lipinski definition) is 4. The molecule has 0 saturated heterocycles. The van der Waals surface area contributed by atoms with Crippen molar-refractivity contribution in [1.82, 2.24) is 0 Å². The van der Waals surface area contributed by atoms with E-state index in [0.29, 0.717) is 13.2 Å². The SMILES string of the molecule is COCCCOC1CCc2cc(OC)ccc2C1O. The summed E-state index contributed by atoms with van der Waals surface area (Å²) in [5.74, 6) is 0.838. The van der Waals surface area contributed by atoms with Crippen LogP contribution < -0.4 is 4.74 Å². The molecule has 1 N–H and O–H groups in total. The Kier molecular flexibility index (Phi) is 5.19. The van der Waals surface area contributed by atoms with E-state index < -0.39 is 6.10 Å². The van der Waals surface area contributed by atoms with Crippen molar-refractivity contribution in [1.29, 1.82) is 0 Å². The Hall–Kier alpha value is -1.10. The summed E-state index contributed by atoms with van der Waals surface area (Å²) in [5.41, 5.74) is 2.12. The molecule has 4 heteroatoms. The zero-order valence-corrected chi connectivity index (χ0v) is 11.6. The van der Waals surface area contributed by atoms with Gasteiger partial charge in [-0.2, -0.15) is 0 Å². The lowest BCUT2D eigenvalue weighted by Crippen LogP contribution is -2.28. The van der Waals surface area contributed by atoms with Gasteiger partial charge in [0.05, 0.1) is 13.2 Å². The topological polar surface area (TPSA) is 47.9 Å². The van der Waals surface area contributed by atoms with Gasteiger partial charge >= 0.3 is 0 Å². The van der Waals surface area contributed by atoms with Crippen molar-refractivity contribution in [2.75, 3.05) is 27.4 Å². The average Bonchev–Trinajstić information content (AvgIpc) is 2.45. The summed E-state index contributed by atoms with van der Waals surface area (Å²) in [6, 6.07) is 5.82. The lowest BCUT2D eigenvalue weighted by atomic mass is 9.87. The first-order valence-corrected chi connectivity index (χ1v) is 6.71. The summed E-state index contributed by atoms with van der Waals surface area (Å²) in [7, 11) is 3.34. The Labute approximate surface area is 114 Å². The number of aryl methyl sites for hydroxylation is 1. The van der Waals surface area contributed by atoms with E-state index in [1.165, 1.54) is 0 Å². The zero-order chi connectivity index (χ0) is 13.7. The van der Waals surface area contributed by atoms with Crippen LogP contribution in [0.1, 0.15) is 30.1 Å². The van der Waals surface area contributed by atoms with Gasteiger partial charge in [0.2, 0.25) is 0 Å². The maximum Gasteiger partial charge on any atom is 0.119 e. The fourth-order valence-corrected chi connectivity index (χ4v) is 2.48. The predicted molar refractivity (Wildman–Crippen MR) is 72.5 cm³/mol. The Morgan fingerprint density at radius 2 is 2.11 bits per heavy atom. The molecule has 0 saturated carbocycles. The van der Waals surface area contributed by atoms with Crippen LogP contribution in [0.25, 0.3) is 0 Å². The van der Waals surface area contributed by atoms with Gasteiger partial charge in [-0.05, 0) is 42.5 Å². The largest absolute Gasteiger partial charge is 0.497 e. The first kappa shape index (κ1) is 14.3. The molecule has 1 aromatic carbocycles. The minimum atomic E-state index is -0.544. The van der Waals surface area contributed by atoms with E-state index in [0.717, 1.165) is 36.1 Å². The van der Waals surface area contributed by atoms with Crippen LogP contribution in [0.5, 0.6) is 5.75 Å². The van der Waals surface area contributed by atoms with Crippen LogP contribution in [-0.4, -0.2) is 38.6 Å². The minimum Gasteiger partial charge on any atom is -0.497 e. The molecule has 1 aliphatic rings. The summed E-state index contributed by atoms with van der Waals surface area (Å²) in [4.78, 5) is 0. The van der Waals surface area contributed by atoms with E-state index >= 15 is 0 Å². The molecule has 0 radical (unpaired) electrons. The molecule has 0 fully saturated rings. The van der Waals surface area contributed by atoms with Gasteiger partial charge in [0, 0.05) is 20.3 Å². The maximum absolute atomic E-state index is 10.3. The molecule has 0 aliphatic heterocycles. The molecule has 0 amide bonds. The third kappa shape index (κ3) is 3.47. The third-order valence-electron chi connectivity index (χ3n) is 3.54. The minimum absolute atomic E-state index is 0.113. The molecule has 2 rings (SSSR count). The zero-order valence-electron chi connectivity index (χ0n) is 11.6. The highest BCUT2D eigenvalue weighted by Gasteiger charge is 2.28. The summed E-state index contributed by atoms with van der Waals surface area (Å²) in [5, 5.41) is 10.3. The van der Waals surface area contributed by atoms with Gasteiger partial charge in [-0.3, -0.25) is 0 Å². The first-order valence-electron chi connectivity index (χ1n) is 6.71. The molecule has 0 aromatic heterocycles. The number of ether oxygens (including phenoxy) is 3. The monoisotopic (exact) mass is 266 g/mol. The van der Waals surface area contributed by atoms with Crippen LogP contribution in [0.15, 0.2) is 18.2 Å². The number of rotatable bonds is 6. The molecule has 2 atom stereocenters. The van der Waals surface area contributed by atoms with Gasteiger partial charge in [0.1, 0.15) is 11.9 Å². The molecular formula is C15H22O4. The van der Waals surface area contributed by atoms with Crippen molar-refractivity contribution in [2.45, 2.75) is 31.5 Å². The number of aliphatic hydroxyl groups excluding tert-OH is 1. The standard InChI is InChI=1S/C15H22O4/c1-17-8-3-9-19-14-7-4-11-10-12(18-2)5-6-13(11)15(14)16/h5-6,10,14-16H,3-4,7-9H2,1-2H3. The lowest BCUT2D eigenvalue weighted by Gasteiger charge is -2.30. The van der Waals surface area contributed by atoms with Crippen molar-refractivity contribution < 1.29 is 19.3 Å². The van der Waals surface area contributed by atoms with Crippen LogP contribution in [0, 0.1) is 0 Å². The van der Waals surface area contributed by atoms with Crippen LogP contribution in [-0.2, 0) is 15.9 Å². The molecule has 0 spiro atoms. The maximum atomic E-state index is 10.3. The Balaban J connectivity index is 1.97. The van der Waals surface area contributed by atoms with Gasteiger partial charge in [0.15, 0.2) is 0 Å².